The minimum Gasteiger partial charge on any atom is -0.295 e. The van der Waals surface area contributed by atoms with E-state index < -0.39 is 0 Å². The summed E-state index contributed by atoms with van der Waals surface area (Å²) < 4.78 is 12.8. The molecule has 1 saturated carbocycles. The van der Waals surface area contributed by atoms with E-state index in [0.29, 0.717) is 5.56 Å². The van der Waals surface area contributed by atoms with Gasteiger partial charge in [0.1, 0.15) is 0 Å². The molecule has 1 aromatic rings. The van der Waals surface area contributed by atoms with Gasteiger partial charge in [0.2, 0.25) is 0 Å². The number of hydrogen-bond donors (Lipinski definition) is 0. The molecule has 14 heavy (non-hydrogen) atoms. The fourth-order valence-electron chi connectivity index (χ4n) is 1.72. The van der Waals surface area contributed by atoms with Crippen LogP contribution in [0.3, 0.4) is 0 Å². The Morgan fingerprint density at radius 3 is 2.71 bits per heavy atom. The molecule has 0 unspecified atom stereocenters. The lowest BCUT2D eigenvalue weighted by atomic mass is 9.95. The summed E-state index contributed by atoms with van der Waals surface area (Å²) in [5, 5.41) is 0. The molecule has 1 aromatic carbocycles. The first-order chi connectivity index (χ1) is 6.68. The second-order valence-corrected chi connectivity index (χ2v) is 4.05. The molecule has 2 heteroatoms. The molecular weight excluding hydrogens is 179 g/mol. The largest absolute Gasteiger partial charge is 0.295 e. The van der Waals surface area contributed by atoms with Gasteiger partial charge in [0.15, 0.2) is 5.78 Å². The van der Waals surface area contributed by atoms with Gasteiger partial charge >= 0.3 is 0 Å². The Morgan fingerprint density at radius 1 is 1.50 bits per heavy atom. The van der Waals surface area contributed by atoms with Crippen molar-refractivity contribution in [1.82, 2.24) is 0 Å². The van der Waals surface area contributed by atoms with Crippen molar-refractivity contribution >= 4 is 5.78 Å². The average Bonchev–Trinajstić information content (AvgIpc) is 2.98. The number of rotatable bonds is 3. The van der Waals surface area contributed by atoms with Crippen LogP contribution in [0.1, 0.15) is 35.7 Å². The number of benzene rings is 1. The van der Waals surface area contributed by atoms with Crippen LogP contribution in [-0.4, -0.2) is 12.5 Å². The lowest BCUT2D eigenvalue weighted by Crippen LogP contribution is -2.09. The molecule has 1 aliphatic rings. The standard InChI is InChI=1S/C12H13FO/c1-9(14)10-3-2-4-11(7-10)12(8-13)5-6-12/h2-4,7H,5-6,8H2,1H3. The van der Waals surface area contributed by atoms with Crippen LogP contribution in [0.15, 0.2) is 24.3 Å². The van der Waals surface area contributed by atoms with Crippen molar-refractivity contribution in [2.75, 3.05) is 6.67 Å². The SMILES string of the molecule is CC(=O)c1cccc(C2(CF)CC2)c1. The molecule has 74 valence electrons. The first-order valence-corrected chi connectivity index (χ1v) is 4.85. The summed E-state index contributed by atoms with van der Waals surface area (Å²) in [5.41, 5.74) is 1.40. The molecule has 2 rings (SSSR count). The quantitative estimate of drug-likeness (QED) is 0.673. The first-order valence-electron chi connectivity index (χ1n) is 4.85. The third kappa shape index (κ3) is 1.45. The van der Waals surface area contributed by atoms with Crippen LogP contribution in [0, 0.1) is 0 Å². The lowest BCUT2D eigenvalue weighted by molar-refractivity contribution is 0.101. The molecule has 0 spiro atoms. The fourth-order valence-corrected chi connectivity index (χ4v) is 1.72. The van der Waals surface area contributed by atoms with E-state index in [9.17, 15) is 9.18 Å². The van der Waals surface area contributed by atoms with Crippen molar-refractivity contribution in [1.29, 1.82) is 0 Å². The summed E-state index contributed by atoms with van der Waals surface area (Å²) in [6.45, 7) is 1.22. The van der Waals surface area contributed by atoms with Crippen molar-refractivity contribution in [3.63, 3.8) is 0 Å². The monoisotopic (exact) mass is 192 g/mol. The zero-order valence-corrected chi connectivity index (χ0v) is 8.22. The lowest BCUT2D eigenvalue weighted by Gasteiger charge is -2.11. The van der Waals surface area contributed by atoms with E-state index in [4.69, 9.17) is 0 Å². The van der Waals surface area contributed by atoms with Crippen molar-refractivity contribution in [2.24, 2.45) is 0 Å². The van der Waals surface area contributed by atoms with E-state index in [1.54, 1.807) is 6.07 Å². The second-order valence-electron chi connectivity index (χ2n) is 4.05. The van der Waals surface area contributed by atoms with Gasteiger partial charge < -0.3 is 0 Å². The predicted molar refractivity (Wildman–Crippen MR) is 53.3 cm³/mol. The van der Waals surface area contributed by atoms with Gasteiger partial charge in [-0.3, -0.25) is 9.18 Å². The highest BCUT2D eigenvalue weighted by atomic mass is 19.1. The summed E-state index contributed by atoms with van der Waals surface area (Å²) >= 11 is 0. The maximum absolute atomic E-state index is 12.8. The predicted octanol–water partition coefficient (Wildman–Crippen LogP) is 2.89. The third-order valence-corrected chi connectivity index (χ3v) is 2.99. The topological polar surface area (TPSA) is 17.1 Å². The normalized spacial score (nSPS) is 17.9. The molecular formula is C12H13FO. The Bertz CT molecular complexity index is 366. The molecule has 1 fully saturated rings. The molecule has 0 N–H and O–H groups in total. The van der Waals surface area contributed by atoms with E-state index in [-0.39, 0.29) is 17.9 Å². The number of carbonyl (C=O) groups is 1. The second kappa shape index (κ2) is 3.19. The van der Waals surface area contributed by atoms with Crippen LogP contribution < -0.4 is 0 Å². The molecule has 0 bridgehead atoms. The molecule has 0 aromatic heterocycles. The highest BCUT2D eigenvalue weighted by molar-refractivity contribution is 5.94. The van der Waals surface area contributed by atoms with Crippen LogP contribution in [0.5, 0.6) is 0 Å². The molecule has 0 atom stereocenters. The molecule has 0 amide bonds. The van der Waals surface area contributed by atoms with Crippen LogP contribution in [0.4, 0.5) is 4.39 Å². The van der Waals surface area contributed by atoms with Crippen LogP contribution in [0.25, 0.3) is 0 Å². The Labute approximate surface area is 82.9 Å². The smallest absolute Gasteiger partial charge is 0.159 e. The zero-order valence-electron chi connectivity index (χ0n) is 8.22. The van der Waals surface area contributed by atoms with E-state index in [1.807, 2.05) is 18.2 Å². The van der Waals surface area contributed by atoms with Crippen molar-refractivity contribution in [3.8, 4) is 0 Å². The minimum atomic E-state index is -0.311. The maximum atomic E-state index is 12.8. The Kier molecular flexibility index (Phi) is 2.14. The number of alkyl halides is 1. The Balaban J connectivity index is 2.36. The number of Topliss-reactive ketones (excluding diaryl/α,β-unsaturated/α-hetero) is 1. The number of ketones is 1. The highest BCUT2D eigenvalue weighted by Gasteiger charge is 2.44. The van der Waals surface area contributed by atoms with Gasteiger partial charge in [-0.1, -0.05) is 18.2 Å². The van der Waals surface area contributed by atoms with Gasteiger partial charge in [-0.2, -0.15) is 0 Å². The molecule has 0 aliphatic heterocycles. The summed E-state index contributed by atoms with van der Waals surface area (Å²) in [6, 6.07) is 7.36. The fraction of sp³-hybridized carbons (Fsp3) is 0.417. The van der Waals surface area contributed by atoms with Gasteiger partial charge in [0.25, 0.3) is 0 Å². The third-order valence-electron chi connectivity index (χ3n) is 2.99. The van der Waals surface area contributed by atoms with Crippen molar-refractivity contribution < 1.29 is 9.18 Å². The zero-order chi connectivity index (χ0) is 10.2. The van der Waals surface area contributed by atoms with Gasteiger partial charge in [0.05, 0.1) is 6.67 Å². The number of halogens is 1. The summed E-state index contributed by atoms with van der Waals surface area (Å²) in [5.74, 6) is 0.0431. The van der Waals surface area contributed by atoms with Gasteiger partial charge in [0, 0.05) is 11.0 Å². The van der Waals surface area contributed by atoms with E-state index in [2.05, 4.69) is 0 Å². The van der Waals surface area contributed by atoms with Crippen LogP contribution in [-0.2, 0) is 5.41 Å². The maximum Gasteiger partial charge on any atom is 0.159 e. The van der Waals surface area contributed by atoms with Gasteiger partial charge in [-0.25, -0.2) is 0 Å². The van der Waals surface area contributed by atoms with E-state index >= 15 is 0 Å². The molecule has 0 saturated heterocycles. The summed E-state index contributed by atoms with van der Waals surface area (Å²) in [4.78, 5) is 11.1. The Hall–Kier alpha value is -1.18. The molecule has 0 heterocycles. The van der Waals surface area contributed by atoms with Crippen LogP contribution >= 0.6 is 0 Å². The average molecular weight is 192 g/mol. The molecule has 1 aliphatic carbocycles. The van der Waals surface area contributed by atoms with Gasteiger partial charge in [-0.15, -0.1) is 0 Å². The molecule has 1 nitrogen and oxygen atoms in total. The van der Waals surface area contributed by atoms with Gasteiger partial charge in [-0.05, 0) is 31.4 Å². The van der Waals surface area contributed by atoms with Crippen LogP contribution in [0.2, 0.25) is 0 Å². The molecule has 0 radical (unpaired) electrons. The Morgan fingerprint density at radius 2 is 2.21 bits per heavy atom. The summed E-state index contributed by atoms with van der Waals surface area (Å²) in [6.07, 6.45) is 1.82. The van der Waals surface area contributed by atoms with E-state index in [1.165, 1.54) is 6.92 Å². The summed E-state index contributed by atoms with van der Waals surface area (Å²) in [7, 11) is 0. The number of hydrogen-bond acceptors (Lipinski definition) is 1. The van der Waals surface area contributed by atoms with Crippen molar-refractivity contribution in [2.45, 2.75) is 25.2 Å². The minimum absolute atomic E-state index is 0.0431. The number of carbonyl (C=O) groups excluding carboxylic acids is 1. The first kappa shape index (κ1) is 9.38. The highest BCUT2D eigenvalue weighted by Crippen LogP contribution is 2.48. The van der Waals surface area contributed by atoms with Crippen molar-refractivity contribution in [3.05, 3.63) is 35.4 Å². The van der Waals surface area contributed by atoms with E-state index in [0.717, 1.165) is 18.4 Å².